The van der Waals surface area contributed by atoms with Gasteiger partial charge in [0.05, 0.1) is 6.42 Å². The summed E-state index contributed by atoms with van der Waals surface area (Å²) in [5, 5.41) is 11.8. The molecule has 0 aliphatic heterocycles. The number of carboxylic acid groups (broad SMARTS) is 1. The number of hydrogen-bond donors (Lipinski definition) is 2. The van der Waals surface area contributed by atoms with Gasteiger partial charge in [-0.3, -0.25) is 4.79 Å². The summed E-state index contributed by atoms with van der Waals surface area (Å²) in [6, 6.07) is 14.8. The van der Waals surface area contributed by atoms with Gasteiger partial charge in [0.2, 0.25) is 0 Å². The first kappa shape index (κ1) is 18.5. The number of amides is 1. The van der Waals surface area contributed by atoms with E-state index in [1.807, 2.05) is 62.4 Å². The molecule has 0 aliphatic rings. The summed E-state index contributed by atoms with van der Waals surface area (Å²) in [4.78, 5) is 23.1. The highest BCUT2D eigenvalue weighted by Gasteiger charge is 2.18. The number of rotatable bonds is 7. The zero-order chi connectivity index (χ0) is 18.2. The zero-order valence-electron chi connectivity index (χ0n) is 14.5. The molecule has 5 heteroatoms. The number of carbonyl (C=O) groups excluding carboxylic acids is 1. The number of alkyl carbamates (subject to hydrolysis) is 1. The molecule has 1 unspecified atom stereocenters. The molecule has 0 aromatic heterocycles. The van der Waals surface area contributed by atoms with Crippen molar-refractivity contribution in [1.29, 1.82) is 0 Å². The van der Waals surface area contributed by atoms with Crippen LogP contribution in [0.25, 0.3) is 0 Å². The van der Waals surface area contributed by atoms with Gasteiger partial charge < -0.3 is 15.2 Å². The second kappa shape index (κ2) is 8.87. The van der Waals surface area contributed by atoms with Crippen molar-refractivity contribution in [3.8, 4) is 0 Å². The first-order valence-corrected chi connectivity index (χ1v) is 8.19. The van der Waals surface area contributed by atoms with E-state index in [0.29, 0.717) is 6.42 Å². The molecule has 2 aromatic carbocycles. The smallest absolute Gasteiger partial charge is 0.407 e. The Labute approximate surface area is 147 Å². The number of aliphatic carboxylic acids is 1. The lowest BCUT2D eigenvalue weighted by molar-refractivity contribution is -0.137. The van der Waals surface area contributed by atoms with Gasteiger partial charge in [0, 0.05) is 6.04 Å². The molecule has 0 aliphatic carbocycles. The minimum absolute atomic E-state index is 0.149. The Morgan fingerprint density at radius 2 is 1.84 bits per heavy atom. The number of benzene rings is 2. The number of carboxylic acids is 1. The van der Waals surface area contributed by atoms with Crippen LogP contribution >= 0.6 is 0 Å². The summed E-state index contributed by atoms with van der Waals surface area (Å²) >= 11 is 0. The lowest BCUT2D eigenvalue weighted by atomic mass is 9.98. The fourth-order valence-electron chi connectivity index (χ4n) is 2.66. The van der Waals surface area contributed by atoms with Gasteiger partial charge in [-0.05, 0) is 37.0 Å². The minimum Gasteiger partial charge on any atom is -0.481 e. The Morgan fingerprint density at radius 1 is 1.12 bits per heavy atom. The molecule has 0 fully saturated rings. The van der Waals surface area contributed by atoms with Crippen LogP contribution < -0.4 is 5.32 Å². The van der Waals surface area contributed by atoms with Crippen molar-refractivity contribution in [3.05, 3.63) is 70.8 Å². The molecule has 25 heavy (non-hydrogen) atoms. The van der Waals surface area contributed by atoms with Gasteiger partial charge in [-0.1, -0.05) is 54.1 Å². The van der Waals surface area contributed by atoms with Crippen molar-refractivity contribution in [3.63, 3.8) is 0 Å². The average molecular weight is 341 g/mol. The Hall–Kier alpha value is -2.82. The monoisotopic (exact) mass is 341 g/mol. The van der Waals surface area contributed by atoms with Crippen molar-refractivity contribution in [1.82, 2.24) is 5.32 Å². The molecule has 0 spiro atoms. The zero-order valence-corrected chi connectivity index (χ0v) is 14.5. The van der Waals surface area contributed by atoms with E-state index < -0.39 is 18.1 Å². The molecular formula is C20H23NO4. The number of nitrogens with one attached hydrogen (secondary N) is 1. The Kier molecular flexibility index (Phi) is 6.57. The van der Waals surface area contributed by atoms with E-state index >= 15 is 0 Å². The summed E-state index contributed by atoms with van der Waals surface area (Å²) in [6.07, 6.45) is -0.327. The average Bonchev–Trinajstić information content (AvgIpc) is 2.56. The molecule has 0 radical (unpaired) electrons. The van der Waals surface area contributed by atoms with Crippen LogP contribution in [-0.2, 0) is 22.6 Å². The third kappa shape index (κ3) is 6.30. The van der Waals surface area contributed by atoms with Crippen molar-refractivity contribution in [2.75, 3.05) is 0 Å². The highest BCUT2D eigenvalue weighted by atomic mass is 16.5. The first-order chi connectivity index (χ1) is 11.9. The summed E-state index contributed by atoms with van der Waals surface area (Å²) in [5.41, 5.74) is 4.11. The van der Waals surface area contributed by atoms with Gasteiger partial charge in [-0.25, -0.2) is 4.79 Å². The van der Waals surface area contributed by atoms with E-state index in [9.17, 15) is 9.59 Å². The molecule has 1 atom stereocenters. The number of carbonyl (C=O) groups is 2. The summed E-state index contributed by atoms with van der Waals surface area (Å²) in [6.45, 7) is 4.13. The standard InChI is InChI=1S/C20H23NO4/c1-14-8-9-17(15(2)10-14)11-18(12-19(22)23)21-20(24)25-13-16-6-4-3-5-7-16/h3-10,18H,11-13H2,1-2H3,(H,21,24)(H,22,23). The van der Waals surface area contributed by atoms with Crippen LogP contribution in [0.15, 0.2) is 48.5 Å². The van der Waals surface area contributed by atoms with Crippen LogP contribution in [0.1, 0.15) is 28.7 Å². The Balaban J connectivity index is 1.96. The van der Waals surface area contributed by atoms with Gasteiger partial charge in [-0.2, -0.15) is 0 Å². The van der Waals surface area contributed by atoms with Gasteiger partial charge in [0.1, 0.15) is 6.61 Å². The third-order valence-electron chi connectivity index (χ3n) is 3.92. The molecule has 2 N–H and O–H groups in total. The molecule has 2 rings (SSSR count). The molecule has 0 saturated heterocycles. The molecule has 1 amide bonds. The second-order valence-corrected chi connectivity index (χ2v) is 6.13. The van der Waals surface area contributed by atoms with Crippen LogP contribution in [0.4, 0.5) is 4.79 Å². The van der Waals surface area contributed by atoms with Crippen molar-refractivity contribution in [2.45, 2.75) is 39.3 Å². The molecular weight excluding hydrogens is 318 g/mol. The predicted molar refractivity (Wildman–Crippen MR) is 95.4 cm³/mol. The maximum Gasteiger partial charge on any atom is 0.407 e. The van der Waals surface area contributed by atoms with Crippen LogP contribution in [0.2, 0.25) is 0 Å². The SMILES string of the molecule is Cc1ccc(CC(CC(=O)O)NC(=O)OCc2ccccc2)c(C)c1. The van der Waals surface area contributed by atoms with Crippen LogP contribution in [-0.4, -0.2) is 23.2 Å². The van der Waals surface area contributed by atoms with Crippen molar-refractivity contribution < 1.29 is 19.4 Å². The van der Waals surface area contributed by atoms with E-state index in [1.54, 1.807) is 0 Å². The predicted octanol–water partition coefficient (Wildman–Crippen LogP) is 3.62. The fourth-order valence-corrected chi connectivity index (χ4v) is 2.66. The third-order valence-corrected chi connectivity index (χ3v) is 3.92. The maximum atomic E-state index is 12.0. The molecule has 5 nitrogen and oxygen atoms in total. The summed E-state index contributed by atoms with van der Waals surface area (Å²) in [5.74, 6) is -0.960. The van der Waals surface area contributed by atoms with E-state index in [2.05, 4.69) is 5.32 Å². The molecule has 0 saturated carbocycles. The van der Waals surface area contributed by atoms with Crippen LogP contribution in [0, 0.1) is 13.8 Å². The molecule has 2 aromatic rings. The highest BCUT2D eigenvalue weighted by Crippen LogP contribution is 2.14. The van der Waals surface area contributed by atoms with Gasteiger partial charge >= 0.3 is 12.1 Å². The summed E-state index contributed by atoms with van der Waals surface area (Å²) < 4.78 is 5.18. The van der Waals surface area contributed by atoms with E-state index in [1.165, 1.54) is 0 Å². The lowest BCUT2D eigenvalue weighted by Crippen LogP contribution is -2.38. The first-order valence-electron chi connectivity index (χ1n) is 8.19. The van der Waals surface area contributed by atoms with Crippen LogP contribution in [0.5, 0.6) is 0 Å². The van der Waals surface area contributed by atoms with Crippen molar-refractivity contribution >= 4 is 12.1 Å². The second-order valence-electron chi connectivity index (χ2n) is 6.13. The molecule has 0 heterocycles. The lowest BCUT2D eigenvalue weighted by Gasteiger charge is -2.18. The fraction of sp³-hybridized carbons (Fsp3) is 0.300. The molecule has 132 valence electrons. The summed E-state index contributed by atoms with van der Waals surface area (Å²) in [7, 11) is 0. The highest BCUT2D eigenvalue weighted by molar-refractivity contribution is 5.71. The van der Waals surface area contributed by atoms with Gasteiger partial charge in [0.15, 0.2) is 0 Å². The number of ether oxygens (including phenoxy) is 1. The van der Waals surface area contributed by atoms with Gasteiger partial charge in [0.25, 0.3) is 0 Å². The Bertz CT molecular complexity index is 728. The largest absolute Gasteiger partial charge is 0.481 e. The normalized spacial score (nSPS) is 11.6. The van der Waals surface area contributed by atoms with E-state index in [4.69, 9.17) is 9.84 Å². The maximum absolute atomic E-state index is 12.0. The quantitative estimate of drug-likeness (QED) is 0.806. The van der Waals surface area contributed by atoms with E-state index in [0.717, 1.165) is 22.3 Å². The molecule has 0 bridgehead atoms. The Morgan fingerprint density at radius 3 is 2.48 bits per heavy atom. The topological polar surface area (TPSA) is 75.6 Å². The van der Waals surface area contributed by atoms with Crippen LogP contribution in [0.3, 0.4) is 0 Å². The number of aryl methyl sites for hydroxylation is 2. The van der Waals surface area contributed by atoms with Crippen molar-refractivity contribution in [2.24, 2.45) is 0 Å². The minimum atomic E-state index is -0.960. The van der Waals surface area contributed by atoms with E-state index in [-0.39, 0.29) is 13.0 Å². The van der Waals surface area contributed by atoms with Gasteiger partial charge in [-0.15, -0.1) is 0 Å². The number of hydrogen-bond acceptors (Lipinski definition) is 3.